The van der Waals surface area contributed by atoms with Crippen LogP contribution in [0.4, 0.5) is 0 Å². The van der Waals surface area contributed by atoms with E-state index < -0.39 is 0 Å². The Morgan fingerprint density at radius 1 is 1.24 bits per heavy atom. The van der Waals surface area contributed by atoms with Crippen LogP contribution in [0.15, 0.2) is 46.9 Å². The Labute approximate surface area is 138 Å². The largest absolute Gasteiger partial charge is 0.490 e. The summed E-state index contributed by atoms with van der Waals surface area (Å²) in [5, 5.41) is 4.08. The fraction of sp³-hybridized carbons (Fsp3) is 0.294. The van der Waals surface area contributed by atoms with Crippen molar-refractivity contribution in [3.63, 3.8) is 0 Å². The molecule has 1 atom stereocenters. The number of hydrogen-bond acceptors (Lipinski definition) is 2. The Balaban J connectivity index is 1.93. The predicted molar refractivity (Wildman–Crippen MR) is 90.1 cm³/mol. The molecule has 0 saturated heterocycles. The molecule has 0 spiro atoms. The Morgan fingerprint density at radius 2 is 2.00 bits per heavy atom. The van der Waals surface area contributed by atoms with Crippen LogP contribution >= 0.6 is 27.5 Å². The highest BCUT2D eigenvalue weighted by atomic mass is 79.9. The third kappa shape index (κ3) is 3.42. The molecule has 0 bridgehead atoms. The third-order valence-corrected chi connectivity index (χ3v) is 4.91. The van der Waals surface area contributed by atoms with Gasteiger partial charge in [0.2, 0.25) is 0 Å². The van der Waals surface area contributed by atoms with E-state index in [0.29, 0.717) is 6.10 Å². The van der Waals surface area contributed by atoms with Gasteiger partial charge in [-0.2, -0.15) is 0 Å². The van der Waals surface area contributed by atoms with Crippen molar-refractivity contribution < 1.29 is 4.74 Å². The van der Waals surface area contributed by atoms with Crippen LogP contribution in [0.25, 0.3) is 0 Å². The molecule has 3 rings (SSSR count). The molecule has 2 aromatic rings. The van der Waals surface area contributed by atoms with E-state index in [0.717, 1.165) is 39.2 Å². The zero-order valence-corrected chi connectivity index (χ0v) is 14.1. The highest BCUT2D eigenvalue weighted by Gasteiger charge is 2.24. The van der Waals surface area contributed by atoms with Gasteiger partial charge in [-0.3, -0.25) is 0 Å². The van der Waals surface area contributed by atoms with E-state index in [-0.39, 0.29) is 6.04 Å². The van der Waals surface area contributed by atoms with Crippen molar-refractivity contribution in [2.75, 3.05) is 7.05 Å². The molecular formula is C17H17BrClNO. The van der Waals surface area contributed by atoms with E-state index in [2.05, 4.69) is 33.4 Å². The van der Waals surface area contributed by atoms with Gasteiger partial charge >= 0.3 is 0 Å². The second-order valence-electron chi connectivity index (χ2n) is 5.25. The van der Waals surface area contributed by atoms with Crippen molar-refractivity contribution in [3.8, 4) is 5.75 Å². The average Bonchev–Trinajstić information content (AvgIpc) is 3.29. The minimum atomic E-state index is 0.0396. The van der Waals surface area contributed by atoms with Gasteiger partial charge in [-0.1, -0.05) is 35.9 Å². The van der Waals surface area contributed by atoms with Crippen molar-refractivity contribution in [3.05, 3.63) is 63.1 Å². The van der Waals surface area contributed by atoms with Crippen LogP contribution < -0.4 is 10.1 Å². The van der Waals surface area contributed by atoms with Crippen molar-refractivity contribution in [2.24, 2.45) is 0 Å². The predicted octanol–water partition coefficient (Wildman–Crippen LogP) is 4.95. The van der Waals surface area contributed by atoms with Gasteiger partial charge in [0.15, 0.2) is 0 Å². The van der Waals surface area contributed by atoms with Gasteiger partial charge in [-0.15, -0.1) is 0 Å². The topological polar surface area (TPSA) is 21.3 Å². The van der Waals surface area contributed by atoms with Crippen LogP contribution in [0.3, 0.4) is 0 Å². The lowest BCUT2D eigenvalue weighted by atomic mass is 9.98. The number of rotatable bonds is 5. The first-order valence-corrected chi connectivity index (χ1v) is 8.24. The van der Waals surface area contributed by atoms with E-state index in [1.54, 1.807) is 0 Å². The highest BCUT2D eigenvalue weighted by molar-refractivity contribution is 9.10. The molecule has 0 amide bonds. The van der Waals surface area contributed by atoms with Gasteiger partial charge < -0.3 is 10.1 Å². The summed E-state index contributed by atoms with van der Waals surface area (Å²) in [6.07, 6.45) is 2.73. The summed E-state index contributed by atoms with van der Waals surface area (Å²) < 4.78 is 6.79. The Morgan fingerprint density at radius 3 is 2.71 bits per heavy atom. The molecule has 0 aromatic heterocycles. The van der Waals surface area contributed by atoms with Crippen molar-refractivity contribution in [2.45, 2.75) is 25.0 Å². The summed E-state index contributed by atoms with van der Waals surface area (Å²) in [5.41, 5.74) is 2.20. The maximum absolute atomic E-state index is 6.43. The number of hydrogen-bond donors (Lipinski definition) is 1. The summed E-state index contributed by atoms with van der Waals surface area (Å²) in [4.78, 5) is 0. The Hall–Kier alpha value is -1.03. The molecule has 1 unspecified atom stereocenters. The molecule has 110 valence electrons. The molecule has 1 fully saturated rings. The monoisotopic (exact) mass is 365 g/mol. The van der Waals surface area contributed by atoms with Crippen molar-refractivity contribution >= 4 is 27.5 Å². The van der Waals surface area contributed by atoms with Gasteiger partial charge in [0.25, 0.3) is 0 Å². The molecule has 1 aliphatic rings. The normalized spacial score (nSPS) is 15.8. The molecule has 21 heavy (non-hydrogen) atoms. The quantitative estimate of drug-likeness (QED) is 0.808. The molecule has 0 heterocycles. The highest BCUT2D eigenvalue weighted by Crippen LogP contribution is 2.35. The van der Waals surface area contributed by atoms with Crippen LogP contribution in [0.2, 0.25) is 5.02 Å². The first-order chi connectivity index (χ1) is 10.2. The number of halogens is 2. The van der Waals surface area contributed by atoms with Gasteiger partial charge in [-0.25, -0.2) is 0 Å². The second-order valence-corrected chi connectivity index (χ2v) is 6.49. The van der Waals surface area contributed by atoms with Gasteiger partial charge in [-0.05, 0) is 65.1 Å². The molecule has 2 aromatic carbocycles. The van der Waals surface area contributed by atoms with Gasteiger partial charge in [0.1, 0.15) is 5.75 Å². The van der Waals surface area contributed by atoms with Crippen LogP contribution in [0, 0.1) is 0 Å². The molecule has 1 aliphatic carbocycles. The van der Waals surface area contributed by atoms with Gasteiger partial charge in [0, 0.05) is 4.47 Å². The maximum atomic E-state index is 6.43. The lowest BCUT2D eigenvalue weighted by molar-refractivity contribution is 0.302. The van der Waals surface area contributed by atoms with Crippen LogP contribution in [0.1, 0.15) is 30.0 Å². The number of ether oxygens (including phenoxy) is 1. The summed E-state index contributed by atoms with van der Waals surface area (Å²) in [5.74, 6) is 0.932. The minimum absolute atomic E-state index is 0.0396. The average molecular weight is 367 g/mol. The summed E-state index contributed by atoms with van der Waals surface area (Å²) in [7, 11) is 1.94. The molecular weight excluding hydrogens is 350 g/mol. The fourth-order valence-corrected chi connectivity index (χ4v) is 3.01. The molecule has 4 heteroatoms. The first kappa shape index (κ1) is 14.9. The maximum Gasteiger partial charge on any atom is 0.120 e. The molecule has 1 saturated carbocycles. The van der Waals surface area contributed by atoms with E-state index in [1.165, 1.54) is 0 Å². The van der Waals surface area contributed by atoms with E-state index in [4.69, 9.17) is 16.3 Å². The lowest BCUT2D eigenvalue weighted by Gasteiger charge is -2.20. The van der Waals surface area contributed by atoms with Crippen LogP contribution in [-0.2, 0) is 0 Å². The molecule has 0 aliphatic heterocycles. The Bertz CT molecular complexity index is 642. The Kier molecular flexibility index (Phi) is 4.53. The van der Waals surface area contributed by atoms with Crippen molar-refractivity contribution in [1.29, 1.82) is 0 Å². The number of benzene rings is 2. The van der Waals surface area contributed by atoms with E-state index >= 15 is 0 Å². The molecule has 1 N–H and O–H groups in total. The standard InChI is InChI=1S/C17H17BrClNO/c1-20-17(14-6-3-7-15(18)16(14)19)11-4-2-5-13(10-11)21-12-8-9-12/h2-7,10,12,17,20H,8-9H2,1H3. The van der Waals surface area contributed by atoms with Crippen LogP contribution in [0.5, 0.6) is 5.75 Å². The van der Waals surface area contributed by atoms with Crippen LogP contribution in [-0.4, -0.2) is 13.2 Å². The summed E-state index contributed by atoms with van der Waals surface area (Å²) in [6.45, 7) is 0. The summed E-state index contributed by atoms with van der Waals surface area (Å²) >= 11 is 9.92. The van der Waals surface area contributed by atoms with Crippen molar-refractivity contribution in [1.82, 2.24) is 5.32 Å². The zero-order chi connectivity index (χ0) is 14.8. The van der Waals surface area contributed by atoms with E-state index in [1.807, 2.05) is 37.4 Å². The summed E-state index contributed by atoms with van der Waals surface area (Å²) in [6, 6.07) is 14.3. The lowest BCUT2D eigenvalue weighted by Crippen LogP contribution is -2.18. The van der Waals surface area contributed by atoms with E-state index in [9.17, 15) is 0 Å². The van der Waals surface area contributed by atoms with Gasteiger partial charge in [0.05, 0.1) is 17.2 Å². The smallest absolute Gasteiger partial charge is 0.120 e. The number of nitrogens with one attached hydrogen (secondary N) is 1. The SMILES string of the molecule is CNC(c1cccc(OC2CC2)c1)c1cccc(Br)c1Cl. The third-order valence-electron chi connectivity index (χ3n) is 3.60. The fourth-order valence-electron chi connectivity index (χ4n) is 2.39. The first-order valence-electron chi connectivity index (χ1n) is 7.07. The molecule has 0 radical (unpaired) electrons. The second kappa shape index (κ2) is 6.39. The molecule has 2 nitrogen and oxygen atoms in total. The minimum Gasteiger partial charge on any atom is -0.490 e. The zero-order valence-electron chi connectivity index (χ0n) is 11.8.